The van der Waals surface area contributed by atoms with E-state index in [-0.39, 0.29) is 10.2 Å². The first-order chi connectivity index (χ1) is 3.80. The zero-order valence-corrected chi connectivity index (χ0v) is 6.92. The Morgan fingerprint density at radius 1 is 1.38 bits per heavy atom. The fraction of sp³-hybridized carbons (Fsp3) is 1.00. The molecule has 0 aromatic heterocycles. The number of alkyl halides is 1. The first kappa shape index (κ1) is 6.77. The zero-order chi connectivity index (χ0) is 5.98. The van der Waals surface area contributed by atoms with Gasteiger partial charge in [0.2, 0.25) is 0 Å². The fourth-order valence-electron chi connectivity index (χ4n) is 0.606. The SMILES string of the molecule is CC1OCCOC1I. The maximum atomic E-state index is 5.26. The maximum Gasteiger partial charge on any atom is 0.134 e. The molecule has 0 saturated carbocycles. The van der Waals surface area contributed by atoms with E-state index in [1.807, 2.05) is 6.92 Å². The van der Waals surface area contributed by atoms with E-state index in [1.165, 1.54) is 0 Å². The number of hydrogen-bond donors (Lipinski definition) is 0. The van der Waals surface area contributed by atoms with Gasteiger partial charge in [0.1, 0.15) is 4.11 Å². The highest BCUT2D eigenvalue weighted by Gasteiger charge is 2.18. The topological polar surface area (TPSA) is 18.5 Å². The van der Waals surface area contributed by atoms with Gasteiger partial charge in [0.05, 0.1) is 19.3 Å². The lowest BCUT2D eigenvalue weighted by molar-refractivity contribution is -0.0888. The van der Waals surface area contributed by atoms with Crippen LogP contribution in [-0.4, -0.2) is 23.4 Å². The van der Waals surface area contributed by atoms with Gasteiger partial charge in [-0.1, -0.05) is 0 Å². The van der Waals surface area contributed by atoms with Crippen LogP contribution in [0, 0.1) is 0 Å². The lowest BCUT2D eigenvalue weighted by atomic mass is 10.4. The zero-order valence-electron chi connectivity index (χ0n) is 4.76. The molecule has 0 aromatic carbocycles. The summed E-state index contributed by atoms with van der Waals surface area (Å²) in [6.45, 7) is 3.52. The highest BCUT2D eigenvalue weighted by Crippen LogP contribution is 2.14. The van der Waals surface area contributed by atoms with E-state index >= 15 is 0 Å². The molecule has 1 aliphatic rings. The van der Waals surface area contributed by atoms with E-state index in [4.69, 9.17) is 9.47 Å². The minimum atomic E-state index is 0.251. The number of hydrogen-bond acceptors (Lipinski definition) is 2. The third-order valence-electron chi connectivity index (χ3n) is 1.11. The van der Waals surface area contributed by atoms with Crippen molar-refractivity contribution in [3.63, 3.8) is 0 Å². The molecule has 1 saturated heterocycles. The van der Waals surface area contributed by atoms with Crippen LogP contribution in [0.1, 0.15) is 6.92 Å². The van der Waals surface area contributed by atoms with Crippen molar-refractivity contribution in [3.8, 4) is 0 Å². The van der Waals surface area contributed by atoms with Crippen molar-refractivity contribution in [1.82, 2.24) is 0 Å². The van der Waals surface area contributed by atoms with E-state index in [9.17, 15) is 0 Å². The molecule has 2 nitrogen and oxygen atoms in total. The largest absolute Gasteiger partial charge is 0.373 e. The van der Waals surface area contributed by atoms with Crippen molar-refractivity contribution in [2.45, 2.75) is 17.1 Å². The molecule has 0 amide bonds. The van der Waals surface area contributed by atoms with Crippen molar-refractivity contribution in [3.05, 3.63) is 0 Å². The van der Waals surface area contributed by atoms with Crippen molar-refractivity contribution in [2.24, 2.45) is 0 Å². The van der Waals surface area contributed by atoms with Crippen molar-refractivity contribution in [2.75, 3.05) is 13.2 Å². The predicted octanol–water partition coefficient (Wildman–Crippen LogP) is 1.18. The van der Waals surface area contributed by atoms with E-state index in [0.717, 1.165) is 13.2 Å². The highest BCUT2D eigenvalue weighted by molar-refractivity contribution is 14.1. The summed E-state index contributed by atoms with van der Waals surface area (Å²) in [4.78, 5) is 0. The standard InChI is InChI=1S/C5H9IO2/c1-4-5(6)8-3-2-7-4/h4-5H,2-3H2,1H3. The third kappa shape index (κ3) is 1.56. The first-order valence-electron chi connectivity index (χ1n) is 2.68. The molecule has 2 atom stereocenters. The minimum Gasteiger partial charge on any atom is -0.373 e. The Kier molecular flexibility index (Phi) is 2.52. The van der Waals surface area contributed by atoms with Crippen LogP contribution in [0.5, 0.6) is 0 Å². The summed E-state index contributed by atoms with van der Waals surface area (Å²) in [5.41, 5.74) is 0. The van der Waals surface area contributed by atoms with Gasteiger partial charge in [-0.15, -0.1) is 0 Å². The lowest BCUT2D eigenvalue weighted by Gasteiger charge is -2.24. The van der Waals surface area contributed by atoms with Gasteiger partial charge >= 0.3 is 0 Å². The van der Waals surface area contributed by atoms with E-state index in [1.54, 1.807) is 0 Å². The Bertz CT molecular complexity index is 66.8. The summed E-state index contributed by atoms with van der Waals surface area (Å²) >= 11 is 2.24. The normalized spacial score (nSPS) is 39.8. The van der Waals surface area contributed by atoms with Crippen molar-refractivity contribution in [1.29, 1.82) is 0 Å². The van der Waals surface area contributed by atoms with Crippen LogP contribution in [0.3, 0.4) is 0 Å². The summed E-state index contributed by atoms with van der Waals surface area (Å²) < 4.78 is 10.8. The van der Waals surface area contributed by atoms with Crippen molar-refractivity contribution >= 4 is 22.6 Å². The molecule has 48 valence electrons. The Balaban J connectivity index is 2.28. The van der Waals surface area contributed by atoms with Gasteiger partial charge in [-0.2, -0.15) is 0 Å². The van der Waals surface area contributed by atoms with Gasteiger partial charge in [0.25, 0.3) is 0 Å². The lowest BCUT2D eigenvalue weighted by Crippen LogP contribution is -2.31. The molecule has 0 aromatic rings. The molecule has 0 aliphatic carbocycles. The molecular weight excluding hydrogens is 219 g/mol. The molecule has 1 fully saturated rings. The van der Waals surface area contributed by atoms with Crippen LogP contribution in [-0.2, 0) is 9.47 Å². The fourth-order valence-corrected chi connectivity index (χ4v) is 1.07. The van der Waals surface area contributed by atoms with Crippen LogP contribution < -0.4 is 0 Å². The Labute approximate surface area is 62.7 Å². The molecule has 1 heterocycles. The molecule has 0 N–H and O–H groups in total. The Hall–Kier alpha value is 0.650. The van der Waals surface area contributed by atoms with Crippen LogP contribution in [0.15, 0.2) is 0 Å². The highest BCUT2D eigenvalue weighted by atomic mass is 127. The Morgan fingerprint density at radius 3 is 2.38 bits per heavy atom. The summed E-state index contributed by atoms with van der Waals surface area (Å²) in [7, 11) is 0. The van der Waals surface area contributed by atoms with E-state index in [0.29, 0.717) is 0 Å². The summed E-state index contributed by atoms with van der Waals surface area (Å²) in [5.74, 6) is 0. The van der Waals surface area contributed by atoms with Gasteiger partial charge in [0, 0.05) is 0 Å². The molecule has 3 heteroatoms. The van der Waals surface area contributed by atoms with Crippen LogP contribution in [0.4, 0.5) is 0 Å². The molecule has 0 bridgehead atoms. The molecule has 2 unspecified atom stereocenters. The van der Waals surface area contributed by atoms with Gasteiger partial charge in [-0.3, -0.25) is 0 Å². The first-order valence-corrected chi connectivity index (χ1v) is 3.92. The molecule has 0 radical (unpaired) electrons. The average molecular weight is 228 g/mol. The predicted molar refractivity (Wildman–Crippen MR) is 39.2 cm³/mol. The van der Waals surface area contributed by atoms with Gasteiger partial charge < -0.3 is 9.47 Å². The number of halogens is 1. The number of rotatable bonds is 0. The van der Waals surface area contributed by atoms with Gasteiger partial charge in [-0.05, 0) is 29.5 Å². The molecule has 1 aliphatic heterocycles. The van der Waals surface area contributed by atoms with E-state index < -0.39 is 0 Å². The minimum absolute atomic E-state index is 0.251. The maximum absolute atomic E-state index is 5.26. The second-order valence-corrected chi connectivity index (χ2v) is 3.03. The second-order valence-electron chi connectivity index (χ2n) is 1.80. The quantitative estimate of drug-likeness (QED) is 0.458. The van der Waals surface area contributed by atoms with Gasteiger partial charge in [0.15, 0.2) is 0 Å². The van der Waals surface area contributed by atoms with Crippen LogP contribution in [0.2, 0.25) is 0 Å². The molecular formula is C5H9IO2. The van der Waals surface area contributed by atoms with Crippen LogP contribution >= 0.6 is 22.6 Å². The monoisotopic (exact) mass is 228 g/mol. The molecule has 8 heavy (non-hydrogen) atoms. The molecule has 1 rings (SSSR count). The third-order valence-corrected chi connectivity index (χ3v) is 2.48. The molecule has 0 spiro atoms. The number of ether oxygens (including phenoxy) is 2. The smallest absolute Gasteiger partial charge is 0.134 e. The van der Waals surface area contributed by atoms with E-state index in [2.05, 4.69) is 22.6 Å². The summed E-state index contributed by atoms with van der Waals surface area (Å²) in [6.07, 6.45) is 0.268. The Morgan fingerprint density at radius 2 is 2.00 bits per heavy atom. The average Bonchev–Trinajstić information content (AvgIpc) is 1.77. The van der Waals surface area contributed by atoms with Crippen LogP contribution in [0.25, 0.3) is 0 Å². The van der Waals surface area contributed by atoms with Crippen molar-refractivity contribution < 1.29 is 9.47 Å². The summed E-state index contributed by atoms with van der Waals surface area (Å²) in [5, 5.41) is 0. The second kappa shape index (κ2) is 2.98. The summed E-state index contributed by atoms with van der Waals surface area (Å²) in [6, 6.07) is 0. The van der Waals surface area contributed by atoms with Gasteiger partial charge in [-0.25, -0.2) is 0 Å².